The Morgan fingerprint density at radius 1 is 2.00 bits per heavy atom. The number of aliphatic hydroxyl groups is 1. The zero-order valence-corrected chi connectivity index (χ0v) is 5.02. The monoisotopic (exact) mass is 113 g/mol. The average Bonchev–Trinajstić information content (AvgIpc) is 2.14. The molecule has 0 aliphatic carbocycles. The Labute approximate surface area is 49.2 Å². The normalized spacial score (nSPS) is 28.2. The van der Waals surface area contributed by atoms with Crippen molar-refractivity contribution in [2.24, 2.45) is 0 Å². The van der Waals surface area contributed by atoms with Gasteiger partial charge in [0.05, 0.1) is 6.61 Å². The fraction of sp³-hybridized carbons (Fsp3) is 0.667. The number of hydrogen-bond acceptors (Lipinski definition) is 2. The first-order chi connectivity index (χ1) is 3.83. The molecule has 2 N–H and O–H groups in total. The number of aliphatic hydroxyl groups excluding tert-OH is 1. The van der Waals surface area contributed by atoms with Gasteiger partial charge in [0.25, 0.3) is 0 Å². The zero-order valence-electron chi connectivity index (χ0n) is 5.02. The maximum atomic E-state index is 8.58. The van der Waals surface area contributed by atoms with Crippen molar-refractivity contribution in [2.75, 3.05) is 13.2 Å². The molecule has 1 aliphatic heterocycles. The lowest BCUT2D eigenvalue weighted by Crippen LogP contribution is -2.25. The van der Waals surface area contributed by atoms with E-state index < -0.39 is 0 Å². The largest absolute Gasteiger partial charge is 0.394 e. The van der Waals surface area contributed by atoms with E-state index in [1.807, 2.05) is 0 Å². The van der Waals surface area contributed by atoms with Gasteiger partial charge in [0.2, 0.25) is 0 Å². The van der Waals surface area contributed by atoms with Gasteiger partial charge >= 0.3 is 0 Å². The molecule has 1 heterocycles. The second-order valence-corrected chi connectivity index (χ2v) is 2.18. The summed E-state index contributed by atoms with van der Waals surface area (Å²) in [6.07, 6.45) is 2.06. The molecule has 1 aliphatic rings. The third kappa shape index (κ3) is 1.08. The summed E-state index contributed by atoms with van der Waals surface area (Å²) < 4.78 is 0. The van der Waals surface area contributed by atoms with E-state index in [1.54, 1.807) is 0 Å². The molecular weight excluding hydrogens is 102 g/mol. The van der Waals surface area contributed by atoms with Crippen molar-refractivity contribution in [3.05, 3.63) is 11.6 Å². The van der Waals surface area contributed by atoms with Crippen molar-refractivity contribution in [1.82, 2.24) is 5.32 Å². The Morgan fingerprint density at radius 3 is 3.00 bits per heavy atom. The van der Waals surface area contributed by atoms with E-state index in [2.05, 4.69) is 18.3 Å². The molecule has 1 atom stereocenters. The summed E-state index contributed by atoms with van der Waals surface area (Å²) in [5.74, 6) is 0. The molecule has 2 heteroatoms. The SMILES string of the molecule is CC1=C[C@H](CO)NC1. The van der Waals surface area contributed by atoms with E-state index in [-0.39, 0.29) is 12.6 Å². The van der Waals surface area contributed by atoms with Crippen LogP contribution in [0.3, 0.4) is 0 Å². The van der Waals surface area contributed by atoms with E-state index >= 15 is 0 Å². The number of rotatable bonds is 1. The second-order valence-electron chi connectivity index (χ2n) is 2.18. The summed E-state index contributed by atoms with van der Waals surface area (Å²) in [5, 5.41) is 11.7. The van der Waals surface area contributed by atoms with Gasteiger partial charge in [0.15, 0.2) is 0 Å². The lowest BCUT2D eigenvalue weighted by molar-refractivity contribution is 0.271. The van der Waals surface area contributed by atoms with Crippen molar-refractivity contribution in [3.8, 4) is 0 Å². The summed E-state index contributed by atoms with van der Waals surface area (Å²) in [7, 11) is 0. The van der Waals surface area contributed by atoms with Crippen molar-refractivity contribution in [3.63, 3.8) is 0 Å². The average molecular weight is 113 g/mol. The van der Waals surface area contributed by atoms with Gasteiger partial charge in [-0.1, -0.05) is 11.6 Å². The first-order valence-corrected chi connectivity index (χ1v) is 2.84. The summed E-state index contributed by atoms with van der Waals surface area (Å²) >= 11 is 0. The van der Waals surface area contributed by atoms with E-state index in [9.17, 15) is 0 Å². The Bertz CT molecular complexity index is 109. The fourth-order valence-corrected chi connectivity index (χ4v) is 0.871. The highest BCUT2D eigenvalue weighted by atomic mass is 16.3. The summed E-state index contributed by atoms with van der Waals surface area (Å²) in [4.78, 5) is 0. The third-order valence-corrected chi connectivity index (χ3v) is 1.33. The Balaban J connectivity index is 2.41. The molecule has 0 aromatic heterocycles. The van der Waals surface area contributed by atoms with Crippen molar-refractivity contribution in [1.29, 1.82) is 0 Å². The smallest absolute Gasteiger partial charge is 0.0620 e. The summed E-state index contributed by atoms with van der Waals surface area (Å²) in [6, 6.07) is 0.218. The second kappa shape index (κ2) is 2.29. The molecule has 8 heavy (non-hydrogen) atoms. The van der Waals surface area contributed by atoms with Crippen LogP contribution in [0.2, 0.25) is 0 Å². The van der Waals surface area contributed by atoms with Crippen LogP contribution in [0.1, 0.15) is 6.92 Å². The van der Waals surface area contributed by atoms with E-state index in [1.165, 1.54) is 5.57 Å². The fourth-order valence-electron chi connectivity index (χ4n) is 0.871. The molecule has 0 radical (unpaired) electrons. The lowest BCUT2D eigenvalue weighted by Gasteiger charge is -2.00. The van der Waals surface area contributed by atoms with Gasteiger partial charge in [0, 0.05) is 12.6 Å². The predicted molar refractivity (Wildman–Crippen MR) is 32.6 cm³/mol. The highest BCUT2D eigenvalue weighted by Crippen LogP contribution is 2.01. The molecule has 0 bridgehead atoms. The quantitative estimate of drug-likeness (QED) is 0.465. The van der Waals surface area contributed by atoms with Crippen LogP contribution in [0.15, 0.2) is 11.6 Å². The maximum Gasteiger partial charge on any atom is 0.0620 e. The van der Waals surface area contributed by atoms with Crippen molar-refractivity contribution < 1.29 is 5.11 Å². The molecule has 0 saturated heterocycles. The molecule has 2 nitrogen and oxygen atoms in total. The lowest BCUT2D eigenvalue weighted by atomic mass is 10.3. The molecule has 0 aromatic carbocycles. The standard InChI is InChI=1S/C6H11NO/c1-5-2-6(4-8)7-3-5/h2,6-8H,3-4H2,1H3/t6-/m1/s1. The van der Waals surface area contributed by atoms with Crippen LogP contribution in [0, 0.1) is 0 Å². The van der Waals surface area contributed by atoms with Gasteiger partial charge in [0.1, 0.15) is 0 Å². The molecule has 1 rings (SSSR count). The molecule has 0 amide bonds. The van der Waals surface area contributed by atoms with Gasteiger partial charge in [-0.25, -0.2) is 0 Å². The van der Waals surface area contributed by atoms with Crippen LogP contribution in [0.4, 0.5) is 0 Å². The third-order valence-electron chi connectivity index (χ3n) is 1.33. The Kier molecular flexibility index (Phi) is 1.65. The van der Waals surface area contributed by atoms with Gasteiger partial charge in [-0.2, -0.15) is 0 Å². The molecule has 0 aromatic rings. The van der Waals surface area contributed by atoms with Crippen LogP contribution in [0.5, 0.6) is 0 Å². The first kappa shape index (κ1) is 5.79. The minimum atomic E-state index is 0.218. The molecule has 0 unspecified atom stereocenters. The molecule has 46 valence electrons. The Morgan fingerprint density at radius 2 is 2.75 bits per heavy atom. The minimum Gasteiger partial charge on any atom is -0.394 e. The first-order valence-electron chi connectivity index (χ1n) is 2.84. The minimum absolute atomic E-state index is 0.218. The number of hydrogen-bond donors (Lipinski definition) is 2. The molecule has 0 fully saturated rings. The van der Waals surface area contributed by atoms with Gasteiger partial charge in [-0.15, -0.1) is 0 Å². The van der Waals surface area contributed by atoms with Gasteiger partial charge < -0.3 is 10.4 Å². The summed E-state index contributed by atoms with van der Waals surface area (Å²) in [6.45, 7) is 3.21. The van der Waals surface area contributed by atoms with E-state index in [4.69, 9.17) is 5.11 Å². The molecule has 0 saturated carbocycles. The van der Waals surface area contributed by atoms with Crippen LogP contribution in [-0.2, 0) is 0 Å². The van der Waals surface area contributed by atoms with Gasteiger partial charge in [-0.05, 0) is 6.92 Å². The number of nitrogens with one attached hydrogen (secondary N) is 1. The Hall–Kier alpha value is -0.340. The molecule has 0 spiro atoms. The predicted octanol–water partition coefficient (Wildman–Crippen LogP) is -0.103. The topological polar surface area (TPSA) is 32.3 Å². The molecular formula is C6H11NO. The van der Waals surface area contributed by atoms with E-state index in [0.717, 1.165) is 6.54 Å². The van der Waals surface area contributed by atoms with Crippen molar-refractivity contribution >= 4 is 0 Å². The van der Waals surface area contributed by atoms with Crippen LogP contribution < -0.4 is 5.32 Å². The van der Waals surface area contributed by atoms with Crippen LogP contribution in [0.25, 0.3) is 0 Å². The highest BCUT2D eigenvalue weighted by molar-refractivity contribution is 5.12. The zero-order chi connectivity index (χ0) is 5.98. The van der Waals surface area contributed by atoms with Gasteiger partial charge in [-0.3, -0.25) is 0 Å². The van der Waals surface area contributed by atoms with Crippen molar-refractivity contribution in [2.45, 2.75) is 13.0 Å². The van der Waals surface area contributed by atoms with E-state index in [0.29, 0.717) is 0 Å². The maximum absolute atomic E-state index is 8.58. The summed E-state index contributed by atoms with van der Waals surface area (Å²) in [5.41, 5.74) is 1.32. The van der Waals surface area contributed by atoms with Crippen LogP contribution in [-0.4, -0.2) is 24.3 Å². The highest BCUT2D eigenvalue weighted by Gasteiger charge is 2.08. The van der Waals surface area contributed by atoms with Crippen LogP contribution >= 0.6 is 0 Å².